The lowest BCUT2D eigenvalue weighted by Crippen LogP contribution is -2.38. The Balaban J connectivity index is 1.57. The van der Waals surface area contributed by atoms with Crippen molar-refractivity contribution in [2.75, 3.05) is 6.54 Å². The molecule has 29 heavy (non-hydrogen) atoms. The molecule has 0 fully saturated rings. The van der Waals surface area contributed by atoms with Gasteiger partial charge in [0.05, 0.1) is 11.6 Å². The van der Waals surface area contributed by atoms with Gasteiger partial charge in [-0.3, -0.25) is 4.79 Å². The first-order valence-corrected chi connectivity index (χ1v) is 9.45. The van der Waals surface area contributed by atoms with Crippen LogP contribution in [0.3, 0.4) is 0 Å². The minimum Gasteiger partial charge on any atom is -0.458 e. The van der Waals surface area contributed by atoms with Crippen LogP contribution in [0, 0.1) is 6.92 Å². The summed E-state index contributed by atoms with van der Waals surface area (Å²) in [5.41, 5.74) is 0.502. The van der Waals surface area contributed by atoms with Crippen LogP contribution in [0.2, 0.25) is 5.02 Å². The molecule has 0 saturated carbocycles. The Bertz CT molecular complexity index is 1160. The molecule has 4 aromatic rings. The van der Waals surface area contributed by atoms with Crippen molar-refractivity contribution >= 4 is 28.5 Å². The quantitative estimate of drug-likeness (QED) is 0.498. The molecular formula is C22H19ClN2O4. The van der Waals surface area contributed by atoms with Crippen molar-refractivity contribution in [2.24, 2.45) is 0 Å². The summed E-state index contributed by atoms with van der Waals surface area (Å²) in [6.07, 6.45) is 0. The highest BCUT2D eigenvalue weighted by atomic mass is 35.5. The van der Waals surface area contributed by atoms with Crippen molar-refractivity contribution in [3.63, 3.8) is 0 Å². The SMILES string of the molecule is Cc1onc(-c2ccccc2Cl)c1C(=O)NCC(C)(O)c1cc2ccccc2o1. The highest BCUT2D eigenvalue weighted by Gasteiger charge is 2.30. The van der Waals surface area contributed by atoms with E-state index in [1.165, 1.54) is 0 Å². The van der Waals surface area contributed by atoms with Gasteiger partial charge in [-0.15, -0.1) is 0 Å². The topological polar surface area (TPSA) is 88.5 Å². The molecule has 1 atom stereocenters. The Labute approximate surface area is 172 Å². The van der Waals surface area contributed by atoms with Gasteiger partial charge in [-0.25, -0.2) is 0 Å². The van der Waals surface area contributed by atoms with E-state index in [9.17, 15) is 9.90 Å². The van der Waals surface area contributed by atoms with Gasteiger partial charge in [0.25, 0.3) is 5.91 Å². The zero-order chi connectivity index (χ0) is 20.6. The number of halogens is 1. The number of amides is 1. The molecule has 0 aliphatic heterocycles. The third kappa shape index (κ3) is 3.64. The number of aliphatic hydroxyl groups is 1. The molecule has 148 valence electrons. The van der Waals surface area contributed by atoms with Gasteiger partial charge in [-0.05, 0) is 32.0 Å². The van der Waals surface area contributed by atoms with Crippen molar-refractivity contribution in [3.05, 3.63) is 76.7 Å². The molecule has 0 aliphatic rings. The highest BCUT2D eigenvalue weighted by molar-refractivity contribution is 6.33. The summed E-state index contributed by atoms with van der Waals surface area (Å²) in [5.74, 6) is 0.309. The molecule has 0 aliphatic carbocycles. The molecule has 1 unspecified atom stereocenters. The van der Waals surface area contributed by atoms with E-state index in [4.69, 9.17) is 20.5 Å². The predicted octanol–water partition coefficient (Wildman–Crippen LogP) is 4.69. The molecule has 2 aromatic heterocycles. The largest absolute Gasteiger partial charge is 0.458 e. The van der Waals surface area contributed by atoms with Crippen LogP contribution in [0.1, 0.15) is 28.8 Å². The van der Waals surface area contributed by atoms with Crippen LogP contribution in [0.15, 0.2) is 63.5 Å². The molecule has 0 spiro atoms. The summed E-state index contributed by atoms with van der Waals surface area (Å²) in [7, 11) is 0. The van der Waals surface area contributed by atoms with E-state index < -0.39 is 11.5 Å². The van der Waals surface area contributed by atoms with Crippen molar-refractivity contribution in [3.8, 4) is 11.3 Å². The normalized spacial score (nSPS) is 13.4. The maximum Gasteiger partial charge on any atom is 0.257 e. The zero-order valence-electron chi connectivity index (χ0n) is 15.9. The number of carbonyl (C=O) groups excluding carboxylic acids is 1. The number of rotatable bonds is 5. The third-order valence-corrected chi connectivity index (χ3v) is 5.10. The minimum atomic E-state index is -1.40. The minimum absolute atomic E-state index is 0.0573. The number of nitrogens with one attached hydrogen (secondary N) is 1. The molecular weight excluding hydrogens is 392 g/mol. The van der Waals surface area contributed by atoms with Crippen LogP contribution in [0.5, 0.6) is 0 Å². The fourth-order valence-electron chi connectivity index (χ4n) is 3.15. The van der Waals surface area contributed by atoms with Crippen LogP contribution in [-0.2, 0) is 5.60 Å². The Morgan fingerprint density at radius 3 is 2.69 bits per heavy atom. The number of benzene rings is 2. The molecule has 4 rings (SSSR count). The summed E-state index contributed by atoms with van der Waals surface area (Å²) in [6.45, 7) is 3.18. The second kappa shape index (κ2) is 7.39. The van der Waals surface area contributed by atoms with E-state index in [0.29, 0.717) is 33.4 Å². The van der Waals surface area contributed by atoms with Crippen LogP contribution in [-0.4, -0.2) is 22.7 Å². The first-order valence-electron chi connectivity index (χ1n) is 9.07. The zero-order valence-corrected chi connectivity index (χ0v) is 16.7. The van der Waals surface area contributed by atoms with Gasteiger partial charge >= 0.3 is 0 Å². The van der Waals surface area contributed by atoms with Gasteiger partial charge in [-0.1, -0.05) is 53.2 Å². The number of nitrogens with zero attached hydrogens (tertiary/aromatic N) is 1. The number of hydrogen-bond donors (Lipinski definition) is 2. The van der Waals surface area contributed by atoms with Crippen LogP contribution < -0.4 is 5.32 Å². The monoisotopic (exact) mass is 410 g/mol. The average molecular weight is 411 g/mol. The lowest BCUT2D eigenvalue weighted by molar-refractivity contribution is 0.0344. The number of hydrogen-bond acceptors (Lipinski definition) is 5. The first-order chi connectivity index (χ1) is 13.9. The molecule has 2 heterocycles. The molecule has 2 N–H and O–H groups in total. The van der Waals surface area contributed by atoms with E-state index in [-0.39, 0.29) is 12.1 Å². The van der Waals surface area contributed by atoms with E-state index in [1.807, 2.05) is 24.3 Å². The van der Waals surface area contributed by atoms with Gasteiger partial charge in [0.1, 0.15) is 34.0 Å². The van der Waals surface area contributed by atoms with Gasteiger partial charge in [-0.2, -0.15) is 0 Å². The molecule has 6 nitrogen and oxygen atoms in total. The standard InChI is InChI=1S/C22H19ClN2O4/c1-13-19(20(25-29-13)15-8-4-5-9-16(15)23)21(26)24-12-22(2,27)18-11-14-7-3-6-10-17(14)28-18/h3-11,27H,12H2,1-2H3,(H,24,26). The van der Waals surface area contributed by atoms with Gasteiger partial charge in [0, 0.05) is 10.9 Å². The van der Waals surface area contributed by atoms with Gasteiger partial charge in [0.2, 0.25) is 0 Å². The second-order valence-electron chi connectivity index (χ2n) is 7.05. The van der Waals surface area contributed by atoms with Crippen LogP contribution in [0.25, 0.3) is 22.2 Å². The molecule has 0 radical (unpaired) electrons. The number of carbonyl (C=O) groups is 1. The van der Waals surface area contributed by atoms with Crippen molar-refractivity contribution in [1.82, 2.24) is 10.5 Å². The molecule has 1 amide bonds. The van der Waals surface area contributed by atoms with Gasteiger partial charge < -0.3 is 19.4 Å². The van der Waals surface area contributed by atoms with Crippen LogP contribution in [0.4, 0.5) is 0 Å². The lowest BCUT2D eigenvalue weighted by atomic mass is 10.0. The number of fused-ring (bicyclic) bond motifs is 1. The van der Waals surface area contributed by atoms with Crippen molar-refractivity contribution in [2.45, 2.75) is 19.4 Å². The molecule has 7 heteroatoms. The number of para-hydroxylation sites is 1. The average Bonchev–Trinajstić information content (AvgIpc) is 3.31. The number of aromatic nitrogens is 1. The predicted molar refractivity (Wildman–Crippen MR) is 110 cm³/mol. The van der Waals surface area contributed by atoms with E-state index in [2.05, 4.69) is 10.5 Å². The first kappa shape index (κ1) is 19.2. The summed E-state index contributed by atoms with van der Waals surface area (Å²) >= 11 is 6.25. The van der Waals surface area contributed by atoms with E-state index >= 15 is 0 Å². The second-order valence-corrected chi connectivity index (χ2v) is 7.45. The Kier molecular flexibility index (Phi) is 4.90. The molecule has 0 bridgehead atoms. The smallest absolute Gasteiger partial charge is 0.257 e. The van der Waals surface area contributed by atoms with E-state index in [1.54, 1.807) is 44.2 Å². The molecule has 0 saturated heterocycles. The highest BCUT2D eigenvalue weighted by Crippen LogP contribution is 2.31. The third-order valence-electron chi connectivity index (χ3n) is 4.77. The summed E-state index contributed by atoms with van der Waals surface area (Å²) in [6, 6.07) is 16.3. The maximum absolute atomic E-state index is 12.9. The fraction of sp³-hybridized carbons (Fsp3) is 0.182. The fourth-order valence-corrected chi connectivity index (χ4v) is 3.38. The summed E-state index contributed by atoms with van der Waals surface area (Å²) in [4.78, 5) is 12.9. The summed E-state index contributed by atoms with van der Waals surface area (Å²) in [5, 5.41) is 19.0. The Morgan fingerprint density at radius 2 is 1.93 bits per heavy atom. The Morgan fingerprint density at radius 1 is 1.21 bits per heavy atom. The molecule has 2 aromatic carbocycles. The number of furan rings is 1. The lowest BCUT2D eigenvalue weighted by Gasteiger charge is -2.21. The number of aryl methyl sites for hydroxylation is 1. The van der Waals surface area contributed by atoms with Crippen molar-refractivity contribution in [1.29, 1.82) is 0 Å². The van der Waals surface area contributed by atoms with Gasteiger partial charge in [0.15, 0.2) is 0 Å². The Hall–Kier alpha value is -3.09. The summed E-state index contributed by atoms with van der Waals surface area (Å²) < 4.78 is 11.0. The van der Waals surface area contributed by atoms with Crippen LogP contribution >= 0.6 is 11.6 Å². The van der Waals surface area contributed by atoms with Crippen molar-refractivity contribution < 1.29 is 18.8 Å². The maximum atomic E-state index is 12.9. The van der Waals surface area contributed by atoms with E-state index in [0.717, 1.165) is 5.39 Å².